The summed E-state index contributed by atoms with van der Waals surface area (Å²) in [6.07, 6.45) is 5.66. The predicted octanol–water partition coefficient (Wildman–Crippen LogP) is 3.08. The summed E-state index contributed by atoms with van der Waals surface area (Å²) in [5, 5.41) is 0. The number of amides is 1. The van der Waals surface area contributed by atoms with Crippen LogP contribution in [0.15, 0.2) is 11.8 Å². The second-order valence-electron chi connectivity index (χ2n) is 6.19. The molecular formula is C14H23NO3. The third-order valence-corrected chi connectivity index (χ3v) is 3.50. The summed E-state index contributed by atoms with van der Waals surface area (Å²) in [5.41, 5.74) is 0.893. The van der Waals surface area contributed by atoms with E-state index in [1.54, 1.807) is 7.11 Å². The van der Waals surface area contributed by atoms with Gasteiger partial charge in [-0.1, -0.05) is 0 Å². The third kappa shape index (κ3) is 2.79. The van der Waals surface area contributed by atoms with Crippen molar-refractivity contribution in [1.82, 2.24) is 4.90 Å². The standard InChI is InChI=1S/C14H23NO3/c1-14(2,3)18-13(16)15-11-5-6-12(15)8-10(7-11)9-17-4/h9,11-12H,5-8H2,1-4H3/b10-9-/t11-,12+/m0/s1. The number of rotatable bonds is 1. The van der Waals surface area contributed by atoms with Crippen molar-refractivity contribution in [3.8, 4) is 0 Å². The SMILES string of the molecule is CO/C=C1\C[C@H]2CC[C@@H](C1)N2C(=O)OC(C)(C)C. The number of hydrogen-bond acceptors (Lipinski definition) is 3. The fourth-order valence-electron chi connectivity index (χ4n) is 2.93. The van der Waals surface area contributed by atoms with Crippen LogP contribution in [0.1, 0.15) is 46.5 Å². The van der Waals surface area contributed by atoms with Crippen LogP contribution in [-0.2, 0) is 9.47 Å². The number of ether oxygens (including phenoxy) is 2. The van der Waals surface area contributed by atoms with Crippen LogP contribution < -0.4 is 0 Å². The van der Waals surface area contributed by atoms with Gasteiger partial charge in [-0.05, 0) is 52.0 Å². The number of piperidine rings is 1. The van der Waals surface area contributed by atoms with Gasteiger partial charge in [0.05, 0.1) is 13.4 Å². The quantitative estimate of drug-likeness (QED) is 0.674. The van der Waals surface area contributed by atoms with Crippen LogP contribution in [0, 0.1) is 0 Å². The highest BCUT2D eigenvalue weighted by Gasteiger charge is 2.43. The van der Waals surface area contributed by atoms with Crippen LogP contribution >= 0.6 is 0 Å². The zero-order valence-corrected chi connectivity index (χ0v) is 11.7. The lowest BCUT2D eigenvalue weighted by atomic mass is 9.98. The van der Waals surface area contributed by atoms with Crippen molar-refractivity contribution in [1.29, 1.82) is 0 Å². The third-order valence-electron chi connectivity index (χ3n) is 3.50. The largest absolute Gasteiger partial charge is 0.504 e. The molecule has 0 saturated carbocycles. The Morgan fingerprint density at radius 1 is 1.28 bits per heavy atom. The number of carbonyl (C=O) groups excluding carboxylic acids is 1. The average Bonchev–Trinajstić information content (AvgIpc) is 2.49. The molecule has 4 heteroatoms. The van der Waals surface area contributed by atoms with Crippen LogP contribution in [0.3, 0.4) is 0 Å². The highest BCUT2D eigenvalue weighted by molar-refractivity contribution is 5.70. The van der Waals surface area contributed by atoms with Crippen molar-refractivity contribution in [2.24, 2.45) is 0 Å². The first-order valence-electron chi connectivity index (χ1n) is 6.63. The molecule has 2 saturated heterocycles. The maximum Gasteiger partial charge on any atom is 0.410 e. The van der Waals surface area contributed by atoms with Gasteiger partial charge in [0.1, 0.15) is 5.60 Å². The summed E-state index contributed by atoms with van der Waals surface area (Å²) in [6, 6.07) is 0.583. The number of fused-ring (bicyclic) bond motifs is 2. The number of hydrogen-bond donors (Lipinski definition) is 0. The van der Waals surface area contributed by atoms with Gasteiger partial charge in [0.25, 0.3) is 0 Å². The molecule has 0 radical (unpaired) electrons. The Balaban J connectivity index is 2.05. The molecule has 0 aliphatic carbocycles. The first-order chi connectivity index (χ1) is 8.40. The van der Waals surface area contributed by atoms with Gasteiger partial charge in [-0.2, -0.15) is 0 Å². The molecule has 2 bridgehead atoms. The highest BCUT2D eigenvalue weighted by atomic mass is 16.6. The number of carbonyl (C=O) groups is 1. The molecule has 0 unspecified atom stereocenters. The molecule has 2 heterocycles. The van der Waals surface area contributed by atoms with Gasteiger partial charge >= 0.3 is 6.09 Å². The lowest BCUT2D eigenvalue weighted by Gasteiger charge is -2.36. The van der Waals surface area contributed by atoms with E-state index in [0.29, 0.717) is 12.1 Å². The van der Waals surface area contributed by atoms with Crippen LogP contribution in [0.4, 0.5) is 4.79 Å². The molecule has 18 heavy (non-hydrogen) atoms. The maximum atomic E-state index is 12.2. The summed E-state index contributed by atoms with van der Waals surface area (Å²) in [5.74, 6) is 0. The first-order valence-corrected chi connectivity index (χ1v) is 6.63. The first kappa shape index (κ1) is 13.2. The van der Waals surface area contributed by atoms with Crippen molar-refractivity contribution in [3.63, 3.8) is 0 Å². The maximum absolute atomic E-state index is 12.2. The molecule has 0 aromatic carbocycles. The van der Waals surface area contributed by atoms with Crippen molar-refractivity contribution >= 4 is 6.09 Å². The second-order valence-corrected chi connectivity index (χ2v) is 6.19. The molecule has 1 amide bonds. The minimum absolute atomic E-state index is 0.161. The van der Waals surface area contributed by atoms with Gasteiger partial charge in [0.15, 0.2) is 0 Å². The van der Waals surface area contributed by atoms with Crippen LogP contribution in [-0.4, -0.2) is 35.8 Å². The van der Waals surface area contributed by atoms with Crippen LogP contribution in [0.2, 0.25) is 0 Å². The molecule has 0 spiro atoms. The van der Waals surface area contributed by atoms with E-state index >= 15 is 0 Å². The van der Waals surface area contributed by atoms with Gasteiger partial charge in [-0.3, -0.25) is 0 Å². The fourth-order valence-corrected chi connectivity index (χ4v) is 2.93. The highest BCUT2D eigenvalue weighted by Crippen LogP contribution is 2.39. The van der Waals surface area contributed by atoms with E-state index in [2.05, 4.69) is 0 Å². The molecule has 2 rings (SSSR count). The molecule has 4 nitrogen and oxygen atoms in total. The van der Waals surface area contributed by atoms with Gasteiger partial charge in [-0.25, -0.2) is 4.79 Å². The minimum atomic E-state index is -0.417. The van der Waals surface area contributed by atoms with Gasteiger partial charge in [0, 0.05) is 12.1 Å². The molecule has 2 aliphatic rings. The summed E-state index contributed by atoms with van der Waals surface area (Å²) in [6.45, 7) is 5.73. The van der Waals surface area contributed by atoms with Gasteiger partial charge in [-0.15, -0.1) is 0 Å². The lowest BCUT2D eigenvalue weighted by molar-refractivity contribution is 0.0113. The summed E-state index contributed by atoms with van der Waals surface area (Å²) in [7, 11) is 1.68. The minimum Gasteiger partial charge on any atom is -0.504 e. The summed E-state index contributed by atoms with van der Waals surface area (Å²) in [4.78, 5) is 14.1. The predicted molar refractivity (Wildman–Crippen MR) is 69.2 cm³/mol. The van der Waals surface area contributed by atoms with Crippen molar-refractivity contribution in [2.45, 2.75) is 64.1 Å². The van der Waals surface area contributed by atoms with Crippen LogP contribution in [0.5, 0.6) is 0 Å². The summed E-state index contributed by atoms with van der Waals surface area (Å²) >= 11 is 0. The lowest BCUT2D eigenvalue weighted by Crippen LogP contribution is -2.47. The molecule has 0 N–H and O–H groups in total. The van der Waals surface area contributed by atoms with E-state index in [1.807, 2.05) is 31.9 Å². The Morgan fingerprint density at radius 3 is 2.28 bits per heavy atom. The van der Waals surface area contributed by atoms with Crippen molar-refractivity contribution < 1.29 is 14.3 Å². The molecule has 2 atom stereocenters. The van der Waals surface area contributed by atoms with Crippen molar-refractivity contribution in [2.75, 3.05) is 7.11 Å². The van der Waals surface area contributed by atoms with Crippen LogP contribution in [0.25, 0.3) is 0 Å². The van der Waals surface area contributed by atoms with E-state index in [4.69, 9.17) is 9.47 Å². The Morgan fingerprint density at radius 2 is 1.83 bits per heavy atom. The second kappa shape index (κ2) is 4.82. The smallest absolute Gasteiger partial charge is 0.410 e. The Hall–Kier alpha value is -1.19. The Bertz CT molecular complexity index is 341. The molecule has 0 aromatic heterocycles. The molecular weight excluding hydrogens is 230 g/mol. The normalized spacial score (nSPS) is 29.6. The molecule has 2 fully saturated rings. The topological polar surface area (TPSA) is 38.8 Å². The van der Waals surface area contributed by atoms with E-state index in [-0.39, 0.29) is 6.09 Å². The Kier molecular flexibility index (Phi) is 3.55. The number of nitrogens with zero attached hydrogens (tertiary/aromatic N) is 1. The Labute approximate surface area is 109 Å². The molecule has 102 valence electrons. The van der Waals surface area contributed by atoms with E-state index < -0.39 is 5.60 Å². The van der Waals surface area contributed by atoms with Gasteiger partial charge in [0.2, 0.25) is 0 Å². The summed E-state index contributed by atoms with van der Waals surface area (Å²) < 4.78 is 10.6. The van der Waals surface area contributed by atoms with Gasteiger partial charge < -0.3 is 14.4 Å². The number of methoxy groups -OCH3 is 1. The zero-order chi connectivity index (χ0) is 13.3. The average molecular weight is 253 g/mol. The van der Waals surface area contributed by atoms with E-state index in [0.717, 1.165) is 25.7 Å². The molecule has 2 aliphatic heterocycles. The van der Waals surface area contributed by atoms with Crippen molar-refractivity contribution in [3.05, 3.63) is 11.8 Å². The monoisotopic (exact) mass is 253 g/mol. The van der Waals surface area contributed by atoms with E-state index in [9.17, 15) is 4.79 Å². The zero-order valence-electron chi connectivity index (χ0n) is 11.7. The fraction of sp³-hybridized carbons (Fsp3) is 0.786. The molecule has 0 aromatic rings. The van der Waals surface area contributed by atoms with E-state index in [1.165, 1.54) is 5.57 Å².